The number of hydrogen-bond donors (Lipinski definition) is 2. The van der Waals surface area contributed by atoms with Crippen LogP contribution in [0.1, 0.15) is 0 Å². The molecule has 0 bridgehead atoms. The Morgan fingerprint density at radius 1 is 0.463 bits per heavy atom. The van der Waals surface area contributed by atoms with Gasteiger partial charge in [0.1, 0.15) is 24.7 Å². The zero-order chi connectivity index (χ0) is 37.8. The number of hydrogen-bond acceptors (Lipinski definition) is 12. The van der Waals surface area contributed by atoms with Crippen LogP contribution in [-0.2, 0) is 38.0 Å². The first kappa shape index (κ1) is 39.2. The Hall–Kier alpha value is -6.06. The number of ether oxygens (including phenoxy) is 6. The molecule has 14 nitrogen and oxygen atoms in total. The lowest BCUT2D eigenvalue weighted by atomic mass is 10.2. The highest BCUT2D eigenvalue weighted by molar-refractivity contribution is 5.96. The summed E-state index contributed by atoms with van der Waals surface area (Å²) in [5.74, 6) is -0.748. The molecule has 1 aliphatic heterocycles. The van der Waals surface area contributed by atoms with Crippen molar-refractivity contribution in [1.29, 1.82) is 0 Å². The van der Waals surface area contributed by atoms with Gasteiger partial charge < -0.3 is 39.1 Å². The lowest BCUT2D eigenvalue weighted by Crippen LogP contribution is -2.35. The van der Waals surface area contributed by atoms with Crippen molar-refractivity contribution in [3.63, 3.8) is 0 Å². The van der Waals surface area contributed by atoms with Crippen LogP contribution in [0.2, 0.25) is 0 Å². The summed E-state index contributed by atoms with van der Waals surface area (Å²) >= 11 is 0. The number of amides is 2. The number of azo groups is 2. The van der Waals surface area contributed by atoms with Gasteiger partial charge in [0.05, 0.1) is 62.4 Å². The fraction of sp³-hybridized carbons (Fsp3) is 0.250. The van der Waals surface area contributed by atoms with Crippen LogP contribution in [0.5, 0.6) is 0 Å². The van der Waals surface area contributed by atoms with E-state index in [-0.39, 0.29) is 64.4 Å². The first-order chi connectivity index (χ1) is 26.4. The summed E-state index contributed by atoms with van der Waals surface area (Å²) in [6.07, 6.45) is -2.25. The molecule has 1 heterocycles. The van der Waals surface area contributed by atoms with Crippen molar-refractivity contribution < 1.29 is 38.0 Å². The van der Waals surface area contributed by atoms with Gasteiger partial charge in [-0.2, -0.15) is 20.5 Å². The number of nitrogens with zero attached hydrogens (tertiary/aromatic N) is 4. The van der Waals surface area contributed by atoms with Crippen molar-refractivity contribution in [2.75, 3.05) is 63.5 Å². The van der Waals surface area contributed by atoms with E-state index in [1.165, 1.54) is 0 Å². The van der Waals surface area contributed by atoms with E-state index in [9.17, 15) is 9.59 Å². The summed E-state index contributed by atoms with van der Waals surface area (Å²) in [5, 5.41) is 22.5. The maximum Gasteiger partial charge on any atom is 0.261 e. The quantitative estimate of drug-likeness (QED) is 0.172. The van der Waals surface area contributed by atoms with Gasteiger partial charge in [0, 0.05) is 11.4 Å². The van der Waals surface area contributed by atoms with E-state index in [1.807, 2.05) is 60.7 Å². The molecule has 0 aromatic heterocycles. The van der Waals surface area contributed by atoms with E-state index in [2.05, 4.69) is 44.2 Å². The van der Waals surface area contributed by atoms with Gasteiger partial charge in [0.2, 0.25) is 0 Å². The molecule has 1 aliphatic rings. The molecule has 2 amide bonds. The predicted molar refractivity (Wildman–Crippen MR) is 203 cm³/mol. The molecule has 5 rings (SSSR count). The summed E-state index contributed by atoms with van der Waals surface area (Å²) in [6.45, 7) is 8.69. The van der Waals surface area contributed by atoms with E-state index >= 15 is 0 Å². The molecule has 0 spiro atoms. The lowest BCUT2D eigenvalue weighted by molar-refractivity contribution is -0.131. The molecule has 2 atom stereocenters. The summed E-state index contributed by atoms with van der Waals surface area (Å²) < 4.78 is 34.4. The highest BCUT2D eigenvalue weighted by Gasteiger charge is 2.26. The number of nitrogens with one attached hydrogen (secondary N) is 2. The zero-order valence-corrected chi connectivity index (χ0v) is 29.7. The van der Waals surface area contributed by atoms with Crippen LogP contribution >= 0.6 is 0 Å². The Morgan fingerprint density at radius 3 is 1.17 bits per heavy atom. The molecule has 0 aliphatic carbocycles. The highest BCUT2D eigenvalue weighted by Crippen LogP contribution is 2.23. The number of carbonyl (C=O) groups excluding carboxylic acids is 2. The molecule has 4 aromatic carbocycles. The van der Waals surface area contributed by atoms with Crippen LogP contribution < -0.4 is 10.6 Å². The van der Waals surface area contributed by atoms with E-state index in [1.54, 1.807) is 48.5 Å². The van der Waals surface area contributed by atoms with Crippen molar-refractivity contribution in [3.05, 3.63) is 134 Å². The van der Waals surface area contributed by atoms with Crippen LogP contribution in [-0.4, -0.2) is 76.9 Å². The van der Waals surface area contributed by atoms with E-state index in [4.69, 9.17) is 28.4 Å². The number of carbonyl (C=O) groups is 2. The van der Waals surface area contributed by atoms with Crippen LogP contribution in [0.15, 0.2) is 154 Å². The van der Waals surface area contributed by atoms with E-state index in [0.717, 1.165) is 11.4 Å². The molecule has 1 saturated heterocycles. The van der Waals surface area contributed by atoms with Gasteiger partial charge >= 0.3 is 0 Å². The number of benzene rings is 4. The molecule has 14 heteroatoms. The Bertz CT molecular complexity index is 1720. The average Bonchev–Trinajstić information content (AvgIpc) is 3.19. The SMILES string of the molecule is C=C1OCCOCCO[C@@H](C(=O)Nc2ccc(N=Nc3ccccc3)cc2)C(=C)OCCOCCO[C@H]1C(=O)Nc1ccc(N=Nc2ccccc2)cc1. The molecule has 0 saturated carbocycles. The van der Waals surface area contributed by atoms with E-state index in [0.29, 0.717) is 22.7 Å². The minimum atomic E-state index is -1.13. The molecule has 1 fully saturated rings. The smallest absolute Gasteiger partial charge is 0.261 e. The second-order valence-electron chi connectivity index (χ2n) is 11.5. The van der Waals surface area contributed by atoms with Gasteiger partial charge in [-0.05, 0) is 72.8 Å². The van der Waals surface area contributed by atoms with Crippen LogP contribution in [0.3, 0.4) is 0 Å². The third kappa shape index (κ3) is 13.2. The molecule has 0 radical (unpaired) electrons. The van der Waals surface area contributed by atoms with Crippen molar-refractivity contribution >= 4 is 45.9 Å². The first-order valence-corrected chi connectivity index (χ1v) is 17.2. The maximum absolute atomic E-state index is 13.2. The lowest BCUT2D eigenvalue weighted by Gasteiger charge is -2.22. The minimum Gasteiger partial charge on any atom is -0.493 e. The summed E-state index contributed by atoms with van der Waals surface area (Å²) in [4.78, 5) is 26.5. The predicted octanol–water partition coefficient (Wildman–Crippen LogP) is 7.97. The van der Waals surface area contributed by atoms with Gasteiger partial charge in [-0.3, -0.25) is 9.59 Å². The minimum absolute atomic E-state index is 0.0529. The monoisotopic (exact) mass is 734 g/mol. The fourth-order valence-corrected chi connectivity index (χ4v) is 4.76. The third-order valence-electron chi connectivity index (χ3n) is 7.46. The van der Waals surface area contributed by atoms with Gasteiger partial charge in [-0.25, -0.2) is 0 Å². The van der Waals surface area contributed by atoms with Gasteiger partial charge in [-0.1, -0.05) is 49.6 Å². The second-order valence-corrected chi connectivity index (χ2v) is 11.5. The first-order valence-electron chi connectivity index (χ1n) is 17.2. The molecule has 2 N–H and O–H groups in total. The van der Waals surface area contributed by atoms with Crippen molar-refractivity contribution in [1.82, 2.24) is 0 Å². The van der Waals surface area contributed by atoms with Crippen LogP contribution in [0, 0.1) is 0 Å². The molecular weight excluding hydrogens is 692 g/mol. The summed E-state index contributed by atoms with van der Waals surface area (Å²) in [7, 11) is 0. The van der Waals surface area contributed by atoms with Crippen molar-refractivity contribution in [3.8, 4) is 0 Å². The zero-order valence-electron chi connectivity index (χ0n) is 29.7. The molecule has 54 heavy (non-hydrogen) atoms. The fourth-order valence-electron chi connectivity index (χ4n) is 4.76. The van der Waals surface area contributed by atoms with Gasteiger partial charge in [-0.15, -0.1) is 0 Å². The van der Waals surface area contributed by atoms with Crippen molar-refractivity contribution in [2.45, 2.75) is 12.2 Å². The Morgan fingerprint density at radius 2 is 0.796 bits per heavy atom. The normalized spacial score (nSPS) is 18.2. The molecule has 0 unspecified atom stereocenters. The molecule has 4 aromatic rings. The summed E-state index contributed by atoms with van der Waals surface area (Å²) in [6, 6.07) is 32.5. The standard InChI is InChI=1S/C40H42N6O8/c1-29-37(39(47)41-31-13-17-35(18-14-31)45-43-33-9-5-3-6-10-33)53-27-23-50-22-26-52-30(2)38(54-28-24-49-21-25-51-29)40(48)42-32-15-19-36(20-16-32)46-44-34-11-7-4-8-12-34/h3-20,37-38H,1-2,21-28H2,(H,41,47)(H,42,48)/t37-,38-/m1/s1. The van der Waals surface area contributed by atoms with Crippen LogP contribution in [0.4, 0.5) is 34.1 Å². The highest BCUT2D eigenvalue weighted by atomic mass is 16.6. The van der Waals surface area contributed by atoms with Gasteiger partial charge in [0.15, 0.2) is 12.2 Å². The topological polar surface area (TPSA) is 163 Å². The summed E-state index contributed by atoms with van der Waals surface area (Å²) in [5.41, 5.74) is 3.76. The molecule has 280 valence electrons. The molecular formula is C40H42N6O8. The largest absolute Gasteiger partial charge is 0.493 e. The van der Waals surface area contributed by atoms with Gasteiger partial charge in [0.25, 0.3) is 11.8 Å². The average molecular weight is 735 g/mol. The van der Waals surface area contributed by atoms with Crippen molar-refractivity contribution in [2.24, 2.45) is 20.5 Å². The Balaban J connectivity index is 1.10. The number of rotatable bonds is 8. The number of anilines is 2. The Labute approximate surface area is 313 Å². The third-order valence-corrected chi connectivity index (χ3v) is 7.46. The van der Waals surface area contributed by atoms with Crippen LogP contribution in [0.25, 0.3) is 0 Å². The maximum atomic E-state index is 13.2. The second kappa shape index (κ2) is 21.5. The Kier molecular flexibility index (Phi) is 15.6. The van der Waals surface area contributed by atoms with E-state index < -0.39 is 24.0 Å².